The molecule has 1 amide bonds. The number of carbonyl (C=O) groups is 1. The maximum Gasteiger partial charge on any atom is 0.254 e. The van der Waals surface area contributed by atoms with Crippen molar-refractivity contribution in [1.29, 1.82) is 0 Å². The van der Waals surface area contributed by atoms with E-state index < -0.39 is 0 Å². The summed E-state index contributed by atoms with van der Waals surface area (Å²) in [6.45, 7) is 8.81. The molecule has 1 saturated carbocycles. The molecule has 1 aliphatic carbocycles. The number of carbonyl (C=O) groups excluding carboxylic acids is 1. The minimum absolute atomic E-state index is 0.203. The van der Waals surface area contributed by atoms with Gasteiger partial charge in [0.15, 0.2) is 0 Å². The number of hydrogen-bond acceptors (Lipinski definition) is 1. The van der Waals surface area contributed by atoms with E-state index in [1.165, 1.54) is 17.5 Å². The van der Waals surface area contributed by atoms with E-state index in [9.17, 15) is 4.79 Å². The maximum absolute atomic E-state index is 13.4. The summed E-state index contributed by atoms with van der Waals surface area (Å²) in [6, 6.07) is 19.2. The van der Waals surface area contributed by atoms with Crippen LogP contribution in [0.2, 0.25) is 0 Å². The van der Waals surface area contributed by atoms with E-state index in [1.807, 2.05) is 12.1 Å². The van der Waals surface area contributed by atoms with Gasteiger partial charge < -0.3 is 9.47 Å². The lowest BCUT2D eigenvalue weighted by atomic mass is 9.65. The monoisotopic (exact) mass is 386 g/mol. The molecule has 1 saturated heterocycles. The Labute approximate surface area is 173 Å². The number of fused-ring (bicyclic) bond motifs is 3. The van der Waals surface area contributed by atoms with E-state index >= 15 is 0 Å². The van der Waals surface area contributed by atoms with Crippen molar-refractivity contribution < 1.29 is 4.79 Å². The van der Waals surface area contributed by atoms with Gasteiger partial charge in [-0.25, -0.2) is 0 Å². The van der Waals surface area contributed by atoms with Gasteiger partial charge in [0.25, 0.3) is 5.91 Å². The van der Waals surface area contributed by atoms with Crippen molar-refractivity contribution in [3.63, 3.8) is 0 Å². The molecule has 0 N–H and O–H groups in total. The van der Waals surface area contributed by atoms with Crippen molar-refractivity contribution in [3.05, 3.63) is 71.9 Å². The molecular formula is C26H30N2O. The highest BCUT2D eigenvalue weighted by Gasteiger charge is 2.51. The minimum Gasteiger partial charge on any atom is -0.343 e. The molecule has 2 bridgehead atoms. The molecule has 0 radical (unpaired) electrons. The summed E-state index contributed by atoms with van der Waals surface area (Å²) in [5, 5.41) is 1.14. The summed E-state index contributed by atoms with van der Waals surface area (Å²) in [6.07, 6.45) is 5.60. The zero-order valence-electron chi connectivity index (χ0n) is 17.7. The Bertz CT molecular complexity index is 1060. The number of hydrogen-bond donors (Lipinski definition) is 0. The highest BCUT2D eigenvalue weighted by atomic mass is 16.2. The average Bonchev–Trinajstić information content (AvgIpc) is 3.18. The fourth-order valence-corrected chi connectivity index (χ4v) is 6.11. The summed E-state index contributed by atoms with van der Waals surface area (Å²) < 4.78 is 2.26. The van der Waals surface area contributed by atoms with Crippen molar-refractivity contribution in [2.75, 3.05) is 6.54 Å². The fourth-order valence-electron chi connectivity index (χ4n) is 6.11. The van der Waals surface area contributed by atoms with E-state index in [-0.39, 0.29) is 11.3 Å². The number of likely N-dealkylation sites (tertiary alicyclic amines) is 1. The molecule has 1 aromatic heterocycles. The molecule has 5 rings (SSSR count). The lowest BCUT2D eigenvalue weighted by molar-refractivity contribution is 0.0708. The molecular weight excluding hydrogens is 356 g/mol. The summed E-state index contributed by atoms with van der Waals surface area (Å²) in [4.78, 5) is 15.6. The van der Waals surface area contributed by atoms with Crippen molar-refractivity contribution in [2.45, 2.75) is 52.6 Å². The SMILES string of the molecule is CC1(C)CC2CC(C)(CN2C(=O)c2ccc3c(ccn3Cc3ccccc3)c2)C1. The Morgan fingerprint density at radius 1 is 1.03 bits per heavy atom. The smallest absolute Gasteiger partial charge is 0.254 e. The van der Waals surface area contributed by atoms with Crippen LogP contribution in [0.15, 0.2) is 60.8 Å². The first-order valence-corrected chi connectivity index (χ1v) is 10.8. The van der Waals surface area contributed by atoms with Crippen molar-refractivity contribution in [2.24, 2.45) is 10.8 Å². The second-order valence-corrected chi connectivity index (χ2v) is 10.3. The number of nitrogens with zero attached hydrogens (tertiary/aromatic N) is 2. The molecule has 2 heterocycles. The summed E-state index contributed by atoms with van der Waals surface area (Å²) >= 11 is 0. The number of amides is 1. The molecule has 2 atom stereocenters. The van der Waals surface area contributed by atoms with Gasteiger partial charge in [0.2, 0.25) is 0 Å². The molecule has 2 unspecified atom stereocenters. The van der Waals surface area contributed by atoms with E-state index in [1.54, 1.807) is 0 Å². The third kappa shape index (κ3) is 3.37. The molecule has 2 aliphatic rings. The van der Waals surface area contributed by atoms with Crippen LogP contribution in [0.1, 0.15) is 56.0 Å². The lowest BCUT2D eigenvalue weighted by Crippen LogP contribution is -2.37. The third-order valence-corrected chi connectivity index (χ3v) is 6.89. The normalized spacial score (nSPS) is 25.5. The highest BCUT2D eigenvalue weighted by Crippen LogP contribution is 2.52. The Morgan fingerprint density at radius 2 is 1.83 bits per heavy atom. The Kier molecular flexibility index (Phi) is 4.13. The van der Waals surface area contributed by atoms with E-state index in [2.05, 4.69) is 78.9 Å². The highest BCUT2D eigenvalue weighted by molar-refractivity contribution is 5.98. The van der Waals surface area contributed by atoms with Crippen LogP contribution < -0.4 is 0 Å². The van der Waals surface area contributed by atoms with Crippen LogP contribution in [0.3, 0.4) is 0 Å². The molecule has 3 heteroatoms. The van der Waals surface area contributed by atoms with E-state index in [4.69, 9.17) is 0 Å². The Hall–Kier alpha value is -2.55. The predicted molar refractivity (Wildman–Crippen MR) is 118 cm³/mol. The second kappa shape index (κ2) is 6.48. The van der Waals surface area contributed by atoms with Crippen LogP contribution >= 0.6 is 0 Å². The fraction of sp³-hybridized carbons (Fsp3) is 0.423. The van der Waals surface area contributed by atoms with Gasteiger partial charge in [0, 0.05) is 41.8 Å². The zero-order chi connectivity index (χ0) is 20.2. The van der Waals surface area contributed by atoms with Crippen LogP contribution in [0.4, 0.5) is 0 Å². The van der Waals surface area contributed by atoms with Gasteiger partial charge in [-0.05, 0) is 59.9 Å². The van der Waals surface area contributed by atoms with Crippen LogP contribution in [-0.2, 0) is 6.54 Å². The van der Waals surface area contributed by atoms with Crippen LogP contribution in [-0.4, -0.2) is 28.0 Å². The van der Waals surface area contributed by atoms with Crippen LogP contribution in [0.5, 0.6) is 0 Å². The van der Waals surface area contributed by atoms with Crippen molar-refractivity contribution in [3.8, 4) is 0 Å². The quantitative estimate of drug-likeness (QED) is 0.564. The average molecular weight is 387 g/mol. The standard InChI is InChI=1S/C26H30N2O/c1-25(2)14-22-15-26(3,17-25)18-28(22)24(29)21-9-10-23-20(13-21)11-12-27(23)16-19-7-5-4-6-8-19/h4-13,22H,14-18H2,1-3H3. The first-order chi connectivity index (χ1) is 13.8. The van der Waals surface area contributed by atoms with Gasteiger partial charge >= 0.3 is 0 Å². The van der Waals surface area contributed by atoms with E-state index in [0.29, 0.717) is 11.5 Å². The molecule has 3 nitrogen and oxygen atoms in total. The van der Waals surface area contributed by atoms with E-state index in [0.717, 1.165) is 36.9 Å². The number of aromatic nitrogens is 1. The Morgan fingerprint density at radius 3 is 2.62 bits per heavy atom. The van der Waals surface area contributed by atoms with Crippen LogP contribution in [0.25, 0.3) is 10.9 Å². The van der Waals surface area contributed by atoms with Crippen molar-refractivity contribution >= 4 is 16.8 Å². The molecule has 1 aliphatic heterocycles. The lowest BCUT2D eigenvalue weighted by Gasteiger charge is -2.39. The predicted octanol–water partition coefficient (Wildman–Crippen LogP) is 5.73. The maximum atomic E-state index is 13.4. The molecule has 2 fully saturated rings. The van der Waals surface area contributed by atoms with Crippen LogP contribution in [0, 0.1) is 10.8 Å². The molecule has 2 aromatic carbocycles. The van der Waals surface area contributed by atoms with Gasteiger partial charge in [-0.3, -0.25) is 4.79 Å². The van der Waals surface area contributed by atoms with Gasteiger partial charge in [-0.15, -0.1) is 0 Å². The minimum atomic E-state index is 0.203. The molecule has 29 heavy (non-hydrogen) atoms. The zero-order valence-corrected chi connectivity index (χ0v) is 17.7. The Balaban J connectivity index is 1.41. The van der Waals surface area contributed by atoms with Crippen molar-refractivity contribution in [1.82, 2.24) is 9.47 Å². The largest absolute Gasteiger partial charge is 0.343 e. The summed E-state index contributed by atoms with van der Waals surface area (Å²) in [7, 11) is 0. The first-order valence-electron chi connectivity index (χ1n) is 10.8. The van der Waals surface area contributed by atoms with Gasteiger partial charge in [0.1, 0.15) is 0 Å². The topological polar surface area (TPSA) is 25.2 Å². The summed E-state index contributed by atoms with van der Waals surface area (Å²) in [5.74, 6) is 0.203. The first kappa shape index (κ1) is 18.5. The molecule has 3 aromatic rings. The van der Waals surface area contributed by atoms with Gasteiger partial charge in [0.05, 0.1) is 0 Å². The van der Waals surface area contributed by atoms with Gasteiger partial charge in [-0.1, -0.05) is 51.1 Å². The number of rotatable bonds is 3. The number of benzene rings is 2. The molecule has 150 valence electrons. The third-order valence-electron chi connectivity index (χ3n) is 6.89. The molecule has 0 spiro atoms. The second-order valence-electron chi connectivity index (χ2n) is 10.3. The van der Waals surface area contributed by atoms with Gasteiger partial charge in [-0.2, -0.15) is 0 Å². The summed E-state index contributed by atoms with van der Waals surface area (Å²) in [5.41, 5.74) is 3.88.